The van der Waals surface area contributed by atoms with E-state index in [0.717, 1.165) is 28.5 Å². The maximum atomic E-state index is 12.1. The molecule has 6 nitrogen and oxygen atoms in total. The second-order valence-electron chi connectivity index (χ2n) is 6.44. The Labute approximate surface area is 163 Å². The third-order valence-electron chi connectivity index (χ3n) is 4.59. The number of oxazole rings is 1. The van der Waals surface area contributed by atoms with E-state index in [1.54, 1.807) is 17.4 Å². The molecule has 0 aliphatic carbocycles. The van der Waals surface area contributed by atoms with E-state index in [9.17, 15) is 4.79 Å². The standard InChI is InChI=1S/C21H14N4O2S/c22-20(26)15-10-18(21-23-5-6-27-21)25-16-3-1-12(8-14(15)16)7-13-2-4-19-17(9-13)24-11-28-19/h1-6,8-11H,7H2,(H2,22,26). The Kier molecular flexibility index (Phi) is 3.87. The summed E-state index contributed by atoms with van der Waals surface area (Å²) in [6.07, 6.45) is 3.73. The Morgan fingerprint density at radius 2 is 1.89 bits per heavy atom. The van der Waals surface area contributed by atoms with Crippen LogP contribution < -0.4 is 5.73 Å². The zero-order valence-electron chi connectivity index (χ0n) is 14.6. The second kappa shape index (κ2) is 6.54. The first-order chi connectivity index (χ1) is 13.7. The van der Waals surface area contributed by atoms with Gasteiger partial charge in [0.25, 0.3) is 0 Å². The van der Waals surface area contributed by atoms with Gasteiger partial charge >= 0.3 is 0 Å². The molecule has 7 heteroatoms. The van der Waals surface area contributed by atoms with Gasteiger partial charge in [0.2, 0.25) is 11.8 Å². The third kappa shape index (κ3) is 2.91. The van der Waals surface area contributed by atoms with Crippen molar-refractivity contribution in [2.24, 2.45) is 5.73 Å². The molecule has 0 saturated carbocycles. The summed E-state index contributed by atoms with van der Waals surface area (Å²) in [4.78, 5) is 25.1. The number of rotatable bonds is 4. The lowest BCUT2D eigenvalue weighted by Gasteiger charge is -2.08. The van der Waals surface area contributed by atoms with Crippen LogP contribution in [0.5, 0.6) is 0 Å². The highest BCUT2D eigenvalue weighted by atomic mass is 32.1. The predicted molar refractivity (Wildman–Crippen MR) is 108 cm³/mol. The van der Waals surface area contributed by atoms with Gasteiger partial charge in [-0.2, -0.15) is 0 Å². The van der Waals surface area contributed by atoms with Gasteiger partial charge in [-0.25, -0.2) is 15.0 Å². The maximum absolute atomic E-state index is 12.1. The van der Waals surface area contributed by atoms with Crippen LogP contribution in [0.15, 0.2) is 64.9 Å². The topological polar surface area (TPSA) is 94.9 Å². The highest BCUT2D eigenvalue weighted by Crippen LogP contribution is 2.26. The lowest BCUT2D eigenvalue weighted by Crippen LogP contribution is -2.12. The molecular formula is C21H14N4O2S. The number of amides is 1. The molecule has 2 aromatic carbocycles. The van der Waals surface area contributed by atoms with Gasteiger partial charge in [-0.3, -0.25) is 4.79 Å². The molecule has 3 heterocycles. The van der Waals surface area contributed by atoms with Gasteiger partial charge in [0, 0.05) is 5.39 Å². The van der Waals surface area contributed by atoms with Crippen LogP contribution in [-0.4, -0.2) is 20.9 Å². The van der Waals surface area contributed by atoms with Gasteiger partial charge in [-0.1, -0.05) is 12.1 Å². The van der Waals surface area contributed by atoms with E-state index in [-0.39, 0.29) is 0 Å². The van der Waals surface area contributed by atoms with Gasteiger partial charge in [0.15, 0.2) is 0 Å². The minimum absolute atomic E-state index is 0.352. The Hall–Kier alpha value is -3.58. The number of pyridine rings is 1. The van der Waals surface area contributed by atoms with E-state index in [2.05, 4.69) is 33.2 Å². The minimum atomic E-state index is -0.513. The van der Waals surface area contributed by atoms with Gasteiger partial charge in [0.1, 0.15) is 12.0 Å². The van der Waals surface area contributed by atoms with Crippen LogP contribution in [0.25, 0.3) is 32.7 Å². The number of carbonyl (C=O) groups excluding carboxylic acids is 1. The molecule has 0 radical (unpaired) electrons. The summed E-state index contributed by atoms with van der Waals surface area (Å²) < 4.78 is 6.47. The summed E-state index contributed by atoms with van der Waals surface area (Å²) in [5, 5.41) is 0.718. The highest BCUT2D eigenvalue weighted by Gasteiger charge is 2.14. The highest BCUT2D eigenvalue weighted by molar-refractivity contribution is 7.16. The summed E-state index contributed by atoms with van der Waals surface area (Å²) in [6, 6.07) is 13.8. The lowest BCUT2D eigenvalue weighted by atomic mass is 10.00. The van der Waals surface area contributed by atoms with Crippen molar-refractivity contribution in [1.82, 2.24) is 15.0 Å². The van der Waals surface area contributed by atoms with Crippen molar-refractivity contribution in [3.63, 3.8) is 0 Å². The Balaban J connectivity index is 1.58. The Morgan fingerprint density at radius 1 is 1.04 bits per heavy atom. The van der Waals surface area contributed by atoms with Crippen molar-refractivity contribution in [2.45, 2.75) is 6.42 Å². The predicted octanol–water partition coefficient (Wildman–Crippen LogP) is 4.19. The van der Waals surface area contributed by atoms with Crippen LogP contribution >= 0.6 is 11.3 Å². The van der Waals surface area contributed by atoms with E-state index < -0.39 is 5.91 Å². The van der Waals surface area contributed by atoms with Crippen molar-refractivity contribution in [1.29, 1.82) is 0 Å². The third-order valence-corrected chi connectivity index (χ3v) is 5.40. The first kappa shape index (κ1) is 16.6. The molecule has 0 bridgehead atoms. The summed E-state index contributed by atoms with van der Waals surface area (Å²) in [5.74, 6) is -0.161. The average Bonchev–Trinajstić information content (AvgIpc) is 3.38. The number of hydrogen-bond acceptors (Lipinski definition) is 6. The number of hydrogen-bond donors (Lipinski definition) is 1. The van der Waals surface area contributed by atoms with Crippen LogP contribution in [0.2, 0.25) is 0 Å². The molecule has 3 aromatic heterocycles. The molecule has 2 N–H and O–H groups in total. The van der Waals surface area contributed by atoms with Crippen molar-refractivity contribution in [3.05, 3.63) is 77.1 Å². The SMILES string of the molecule is NC(=O)c1cc(-c2ncco2)nc2ccc(Cc3ccc4scnc4c3)cc12. The van der Waals surface area contributed by atoms with E-state index in [4.69, 9.17) is 10.2 Å². The van der Waals surface area contributed by atoms with E-state index in [1.807, 2.05) is 23.7 Å². The number of nitrogens with two attached hydrogens (primary N) is 1. The summed E-state index contributed by atoms with van der Waals surface area (Å²) in [5.41, 5.74) is 12.2. The fourth-order valence-electron chi connectivity index (χ4n) is 3.30. The molecule has 0 aliphatic heterocycles. The molecule has 0 atom stereocenters. The number of aromatic nitrogens is 3. The maximum Gasteiger partial charge on any atom is 0.249 e. The number of primary amides is 1. The first-order valence-corrected chi connectivity index (χ1v) is 9.51. The number of thiazole rings is 1. The quantitative estimate of drug-likeness (QED) is 0.500. The molecule has 5 rings (SSSR count). The largest absolute Gasteiger partial charge is 0.443 e. The normalized spacial score (nSPS) is 11.3. The van der Waals surface area contributed by atoms with Gasteiger partial charge < -0.3 is 10.2 Å². The molecule has 1 amide bonds. The first-order valence-electron chi connectivity index (χ1n) is 8.63. The molecule has 0 fully saturated rings. The fraction of sp³-hybridized carbons (Fsp3) is 0.0476. The van der Waals surface area contributed by atoms with Crippen molar-refractivity contribution >= 4 is 38.4 Å². The number of nitrogens with zero attached hydrogens (tertiary/aromatic N) is 3. The van der Waals surface area contributed by atoms with Crippen LogP contribution in [-0.2, 0) is 6.42 Å². The van der Waals surface area contributed by atoms with Crippen molar-refractivity contribution < 1.29 is 9.21 Å². The van der Waals surface area contributed by atoms with Crippen LogP contribution in [0.1, 0.15) is 21.5 Å². The smallest absolute Gasteiger partial charge is 0.249 e. The molecule has 0 saturated heterocycles. The van der Waals surface area contributed by atoms with Crippen LogP contribution in [0.3, 0.4) is 0 Å². The molecular weight excluding hydrogens is 372 g/mol. The zero-order valence-corrected chi connectivity index (χ0v) is 15.4. The van der Waals surface area contributed by atoms with Crippen molar-refractivity contribution in [3.8, 4) is 11.6 Å². The summed E-state index contributed by atoms with van der Waals surface area (Å²) in [6.45, 7) is 0. The lowest BCUT2D eigenvalue weighted by molar-refractivity contribution is 0.100. The molecule has 0 unspecified atom stereocenters. The molecule has 28 heavy (non-hydrogen) atoms. The zero-order chi connectivity index (χ0) is 19.1. The molecule has 136 valence electrons. The monoisotopic (exact) mass is 386 g/mol. The minimum Gasteiger partial charge on any atom is -0.443 e. The second-order valence-corrected chi connectivity index (χ2v) is 7.33. The Morgan fingerprint density at radius 3 is 2.71 bits per heavy atom. The summed E-state index contributed by atoms with van der Waals surface area (Å²) >= 11 is 1.63. The number of fused-ring (bicyclic) bond motifs is 2. The fourth-order valence-corrected chi connectivity index (χ4v) is 3.95. The average molecular weight is 386 g/mol. The molecule has 0 spiro atoms. The van der Waals surface area contributed by atoms with E-state index in [0.29, 0.717) is 22.7 Å². The molecule has 5 aromatic rings. The van der Waals surface area contributed by atoms with Crippen LogP contribution in [0.4, 0.5) is 0 Å². The van der Waals surface area contributed by atoms with E-state index >= 15 is 0 Å². The summed E-state index contributed by atoms with van der Waals surface area (Å²) in [7, 11) is 0. The van der Waals surface area contributed by atoms with Gasteiger partial charge in [0.05, 0.1) is 33.0 Å². The van der Waals surface area contributed by atoms with E-state index in [1.165, 1.54) is 17.2 Å². The molecule has 0 aliphatic rings. The number of carbonyl (C=O) groups is 1. The van der Waals surface area contributed by atoms with Gasteiger partial charge in [-0.15, -0.1) is 11.3 Å². The van der Waals surface area contributed by atoms with Crippen LogP contribution in [0, 0.1) is 0 Å². The Bertz CT molecular complexity index is 1330. The van der Waals surface area contributed by atoms with Gasteiger partial charge in [-0.05, 0) is 47.9 Å². The number of benzene rings is 2. The van der Waals surface area contributed by atoms with Crippen molar-refractivity contribution in [2.75, 3.05) is 0 Å².